The predicted octanol–water partition coefficient (Wildman–Crippen LogP) is 5.20. The Morgan fingerprint density at radius 1 is 0.897 bits per heavy atom. The van der Waals surface area contributed by atoms with Crippen molar-refractivity contribution < 1.29 is 4.79 Å². The number of amides is 1. The smallest absolute Gasteiger partial charge is 0.271 e. The van der Waals surface area contributed by atoms with E-state index in [2.05, 4.69) is 33.6 Å². The second-order valence-electron chi connectivity index (χ2n) is 6.89. The number of hydrogen-bond donors (Lipinski definition) is 1. The van der Waals surface area contributed by atoms with E-state index in [9.17, 15) is 4.79 Å². The van der Waals surface area contributed by atoms with Crippen molar-refractivity contribution in [2.75, 3.05) is 18.0 Å². The molecular weight excluding hydrogens is 378 g/mol. The third-order valence-electron chi connectivity index (χ3n) is 4.86. The van der Waals surface area contributed by atoms with E-state index in [-0.39, 0.29) is 5.91 Å². The first-order valence-corrected chi connectivity index (χ1v) is 10.6. The molecule has 0 aliphatic carbocycles. The van der Waals surface area contributed by atoms with Gasteiger partial charge in [0.2, 0.25) is 0 Å². The number of hydrogen-bond acceptors (Lipinski definition) is 4. The second-order valence-corrected chi connectivity index (χ2v) is 8.01. The lowest BCUT2D eigenvalue weighted by Gasteiger charge is -2.17. The average molecular weight is 402 g/mol. The minimum absolute atomic E-state index is 0.206. The van der Waals surface area contributed by atoms with Crippen LogP contribution in [-0.4, -0.2) is 25.2 Å². The normalized spacial score (nSPS) is 13.7. The molecule has 146 valence electrons. The first kappa shape index (κ1) is 19.3. The average Bonchev–Trinajstić information content (AvgIpc) is 3.31. The van der Waals surface area contributed by atoms with E-state index in [4.69, 9.17) is 0 Å². The van der Waals surface area contributed by atoms with Gasteiger partial charge in [-0.3, -0.25) is 4.79 Å². The van der Waals surface area contributed by atoms with Gasteiger partial charge < -0.3 is 4.90 Å². The van der Waals surface area contributed by atoms with Gasteiger partial charge in [0, 0.05) is 39.7 Å². The van der Waals surface area contributed by atoms with Crippen molar-refractivity contribution in [3.63, 3.8) is 0 Å². The molecule has 29 heavy (non-hydrogen) atoms. The maximum Gasteiger partial charge on any atom is 0.271 e. The molecule has 0 spiro atoms. The van der Waals surface area contributed by atoms with Gasteiger partial charge in [-0.1, -0.05) is 48.2 Å². The Morgan fingerprint density at radius 2 is 1.59 bits per heavy atom. The Hall–Kier alpha value is -3.05. The number of benzene rings is 3. The minimum Gasteiger partial charge on any atom is -0.372 e. The van der Waals surface area contributed by atoms with Gasteiger partial charge in [0.25, 0.3) is 5.91 Å². The number of hydrazone groups is 1. The van der Waals surface area contributed by atoms with Gasteiger partial charge >= 0.3 is 0 Å². The SMILES string of the molecule is O=C(N/N=C/c1ccccc1Sc1ccccc1)c1ccc(N2CCCC2)cc1. The number of carbonyl (C=O) groups excluding carboxylic acids is 1. The van der Waals surface area contributed by atoms with Crippen molar-refractivity contribution in [3.8, 4) is 0 Å². The molecule has 5 heteroatoms. The van der Waals surface area contributed by atoms with Crippen molar-refractivity contribution >= 4 is 29.6 Å². The first-order valence-electron chi connectivity index (χ1n) is 9.80. The van der Waals surface area contributed by atoms with E-state index in [1.165, 1.54) is 18.5 Å². The van der Waals surface area contributed by atoms with Crippen LogP contribution in [0.5, 0.6) is 0 Å². The molecule has 1 amide bonds. The van der Waals surface area contributed by atoms with Crippen LogP contribution in [-0.2, 0) is 0 Å². The standard InChI is InChI=1S/C24H23N3OS/c28-24(19-12-14-21(15-13-19)27-16-6-7-17-27)26-25-18-20-8-4-5-11-23(20)29-22-9-2-1-3-10-22/h1-5,8-15,18H,6-7,16-17H2,(H,26,28)/b25-18+. The van der Waals surface area contributed by atoms with Crippen LogP contribution in [0, 0.1) is 0 Å². The summed E-state index contributed by atoms with van der Waals surface area (Å²) in [5.41, 5.74) is 5.38. The number of rotatable bonds is 6. The Balaban J connectivity index is 1.39. The summed E-state index contributed by atoms with van der Waals surface area (Å²) in [6, 6.07) is 26.0. The van der Waals surface area contributed by atoms with Crippen molar-refractivity contribution in [1.29, 1.82) is 0 Å². The summed E-state index contributed by atoms with van der Waals surface area (Å²) in [7, 11) is 0. The van der Waals surface area contributed by atoms with E-state index < -0.39 is 0 Å². The van der Waals surface area contributed by atoms with Crippen molar-refractivity contribution in [1.82, 2.24) is 5.43 Å². The molecule has 0 atom stereocenters. The maximum absolute atomic E-state index is 12.4. The minimum atomic E-state index is -0.206. The molecule has 4 rings (SSSR count). The first-order chi connectivity index (χ1) is 14.3. The number of nitrogens with one attached hydrogen (secondary N) is 1. The molecule has 0 radical (unpaired) electrons. The van der Waals surface area contributed by atoms with E-state index in [1.54, 1.807) is 18.0 Å². The Bertz CT molecular complexity index is 981. The lowest BCUT2D eigenvalue weighted by atomic mass is 10.2. The lowest BCUT2D eigenvalue weighted by Crippen LogP contribution is -2.19. The van der Waals surface area contributed by atoms with Crippen molar-refractivity contribution in [3.05, 3.63) is 90.0 Å². The molecule has 1 saturated heterocycles. The Labute approximate surface area is 175 Å². The molecule has 1 heterocycles. The van der Waals surface area contributed by atoms with Gasteiger partial charge in [-0.15, -0.1) is 0 Å². The summed E-state index contributed by atoms with van der Waals surface area (Å²) < 4.78 is 0. The van der Waals surface area contributed by atoms with Crippen LogP contribution in [0.2, 0.25) is 0 Å². The highest BCUT2D eigenvalue weighted by Crippen LogP contribution is 2.29. The molecule has 3 aromatic carbocycles. The number of nitrogens with zero attached hydrogens (tertiary/aromatic N) is 2. The lowest BCUT2D eigenvalue weighted by molar-refractivity contribution is 0.0955. The number of anilines is 1. The fraction of sp³-hybridized carbons (Fsp3) is 0.167. The molecule has 0 bridgehead atoms. The van der Waals surface area contributed by atoms with Gasteiger partial charge in [0.05, 0.1) is 6.21 Å². The highest BCUT2D eigenvalue weighted by molar-refractivity contribution is 7.99. The summed E-state index contributed by atoms with van der Waals surface area (Å²) in [4.78, 5) is 17.0. The summed E-state index contributed by atoms with van der Waals surface area (Å²) in [5, 5.41) is 4.17. The zero-order valence-electron chi connectivity index (χ0n) is 16.1. The van der Waals surface area contributed by atoms with Crippen LogP contribution in [0.3, 0.4) is 0 Å². The molecule has 1 aliphatic heterocycles. The monoisotopic (exact) mass is 401 g/mol. The molecule has 1 aliphatic rings. The largest absolute Gasteiger partial charge is 0.372 e. The predicted molar refractivity (Wildman–Crippen MR) is 120 cm³/mol. The Kier molecular flexibility index (Phi) is 6.27. The quantitative estimate of drug-likeness (QED) is 0.456. The zero-order valence-corrected chi connectivity index (χ0v) is 16.9. The molecule has 1 fully saturated rings. The molecule has 3 aromatic rings. The fourth-order valence-electron chi connectivity index (χ4n) is 3.32. The van der Waals surface area contributed by atoms with E-state index in [0.717, 1.165) is 28.4 Å². The highest BCUT2D eigenvalue weighted by atomic mass is 32.2. The van der Waals surface area contributed by atoms with Gasteiger partial charge in [-0.25, -0.2) is 5.43 Å². The van der Waals surface area contributed by atoms with Crippen LogP contribution in [0.25, 0.3) is 0 Å². The molecular formula is C24H23N3OS. The van der Waals surface area contributed by atoms with E-state index in [1.807, 2.05) is 60.7 Å². The third-order valence-corrected chi connectivity index (χ3v) is 5.96. The van der Waals surface area contributed by atoms with Crippen molar-refractivity contribution in [2.24, 2.45) is 5.10 Å². The zero-order chi connectivity index (χ0) is 19.9. The van der Waals surface area contributed by atoms with Crippen LogP contribution in [0.4, 0.5) is 5.69 Å². The van der Waals surface area contributed by atoms with Crippen LogP contribution in [0.15, 0.2) is 93.8 Å². The van der Waals surface area contributed by atoms with Crippen LogP contribution < -0.4 is 10.3 Å². The summed E-state index contributed by atoms with van der Waals surface area (Å²) in [6.07, 6.45) is 4.17. The summed E-state index contributed by atoms with van der Waals surface area (Å²) in [5.74, 6) is -0.206. The summed E-state index contributed by atoms with van der Waals surface area (Å²) >= 11 is 1.67. The Morgan fingerprint density at radius 3 is 2.34 bits per heavy atom. The molecule has 0 unspecified atom stereocenters. The maximum atomic E-state index is 12.4. The van der Waals surface area contributed by atoms with E-state index >= 15 is 0 Å². The van der Waals surface area contributed by atoms with Gasteiger partial charge in [-0.05, 0) is 55.3 Å². The van der Waals surface area contributed by atoms with Gasteiger partial charge in [0.1, 0.15) is 0 Å². The summed E-state index contributed by atoms with van der Waals surface area (Å²) in [6.45, 7) is 2.19. The van der Waals surface area contributed by atoms with Crippen molar-refractivity contribution in [2.45, 2.75) is 22.6 Å². The van der Waals surface area contributed by atoms with Crippen LogP contribution >= 0.6 is 11.8 Å². The van der Waals surface area contributed by atoms with Crippen LogP contribution in [0.1, 0.15) is 28.8 Å². The van der Waals surface area contributed by atoms with Gasteiger partial charge in [0.15, 0.2) is 0 Å². The van der Waals surface area contributed by atoms with Gasteiger partial charge in [-0.2, -0.15) is 5.10 Å². The highest BCUT2D eigenvalue weighted by Gasteiger charge is 2.13. The third kappa shape index (κ3) is 5.06. The topological polar surface area (TPSA) is 44.7 Å². The molecule has 0 saturated carbocycles. The fourth-order valence-corrected chi connectivity index (χ4v) is 4.25. The second kappa shape index (κ2) is 9.43. The van der Waals surface area contributed by atoms with E-state index in [0.29, 0.717) is 5.56 Å². The molecule has 0 aromatic heterocycles. The molecule has 4 nitrogen and oxygen atoms in total. The molecule has 1 N–H and O–H groups in total. The number of carbonyl (C=O) groups is 1.